The first-order valence-corrected chi connectivity index (χ1v) is 12.6. The number of halogens is 3. The zero-order valence-corrected chi connectivity index (χ0v) is 21.4. The van der Waals surface area contributed by atoms with Crippen LogP contribution in [-0.2, 0) is 11.0 Å². The molecule has 0 saturated heterocycles. The van der Waals surface area contributed by atoms with Crippen molar-refractivity contribution in [3.05, 3.63) is 70.2 Å². The number of aryl methyl sites for hydroxylation is 1. The van der Waals surface area contributed by atoms with Crippen LogP contribution in [0.3, 0.4) is 0 Å². The van der Waals surface area contributed by atoms with E-state index in [0.717, 1.165) is 46.9 Å². The van der Waals surface area contributed by atoms with Gasteiger partial charge in [-0.15, -0.1) is 0 Å². The summed E-state index contributed by atoms with van der Waals surface area (Å²) in [7, 11) is 0. The second-order valence-electron chi connectivity index (χ2n) is 9.94. The van der Waals surface area contributed by atoms with Gasteiger partial charge in [0.1, 0.15) is 5.82 Å². The van der Waals surface area contributed by atoms with Crippen LogP contribution in [0.1, 0.15) is 73.4 Å². The van der Waals surface area contributed by atoms with Crippen LogP contribution in [0, 0.1) is 13.8 Å². The van der Waals surface area contributed by atoms with E-state index in [-0.39, 0.29) is 11.5 Å². The number of aromatic nitrogens is 3. The number of benzene rings is 1. The lowest BCUT2D eigenvalue weighted by Crippen LogP contribution is -2.32. The normalized spacial score (nSPS) is 17.8. The van der Waals surface area contributed by atoms with Crippen molar-refractivity contribution in [2.24, 2.45) is 4.99 Å². The highest BCUT2D eigenvalue weighted by Gasteiger charge is 2.33. The molecule has 3 aromatic rings. The lowest BCUT2D eigenvalue weighted by molar-refractivity contribution is -0.138. The van der Waals surface area contributed by atoms with E-state index in [1.165, 1.54) is 13.0 Å². The molecule has 6 nitrogen and oxygen atoms in total. The maximum Gasteiger partial charge on any atom is 0.416 e. The van der Waals surface area contributed by atoms with E-state index in [0.29, 0.717) is 36.6 Å². The molecule has 1 fully saturated rings. The largest absolute Gasteiger partial charge is 0.416 e. The van der Waals surface area contributed by atoms with Crippen LogP contribution in [-0.4, -0.2) is 38.4 Å². The number of carbonyl (C=O) groups is 1. The maximum absolute atomic E-state index is 13.5. The van der Waals surface area contributed by atoms with Crippen LogP contribution in [0.4, 0.5) is 13.2 Å². The molecule has 0 N–H and O–H groups in total. The number of amides is 1. The van der Waals surface area contributed by atoms with E-state index in [4.69, 9.17) is 15.0 Å². The van der Waals surface area contributed by atoms with Crippen molar-refractivity contribution in [1.82, 2.24) is 19.4 Å². The Morgan fingerprint density at radius 1 is 1.22 bits per heavy atom. The van der Waals surface area contributed by atoms with E-state index in [2.05, 4.69) is 4.57 Å². The first-order chi connectivity index (χ1) is 17.5. The molecule has 194 valence electrons. The Labute approximate surface area is 213 Å². The Kier molecular flexibility index (Phi) is 6.41. The third kappa shape index (κ3) is 4.91. The number of alkyl halides is 3. The van der Waals surface area contributed by atoms with Gasteiger partial charge in [-0.05, 0) is 68.9 Å². The van der Waals surface area contributed by atoms with Gasteiger partial charge in [0.05, 0.1) is 29.0 Å². The summed E-state index contributed by atoms with van der Waals surface area (Å²) in [5.74, 6) is 0.858. The van der Waals surface area contributed by atoms with Crippen LogP contribution in [0.2, 0.25) is 0 Å². The Balaban J connectivity index is 1.64. The Morgan fingerprint density at radius 2 is 1.97 bits per heavy atom. The Hall–Kier alpha value is -3.49. The third-order valence-electron chi connectivity index (χ3n) is 7.34. The fraction of sp³-hybridized carbons (Fsp3) is 0.429. The van der Waals surface area contributed by atoms with Gasteiger partial charge in [0, 0.05) is 31.4 Å². The molecular formula is C28H30F3N5O. The van der Waals surface area contributed by atoms with E-state index in [9.17, 15) is 18.0 Å². The first kappa shape index (κ1) is 25.2. The van der Waals surface area contributed by atoms with Gasteiger partial charge in [-0.1, -0.05) is 18.2 Å². The summed E-state index contributed by atoms with van der Waals surface area (Å²) in [6.07, 6.45) is 2.32. The molecule has 37 heavy (non-hydrogen) atoms. The third-order valence-corrected chi connectivity index (χ3v) is 7.34. The van der Waals surface area contributed by atoms with Crippen LogP contribution >= 0.6 is 0 Å². The molecule has 2 aliphatic rings. The fourth-order valence-corrected chi connectivity index (χ4v) is 5.18. The highest BCUT2D eigenvalue weighted by atomic mass is 19.4. The fourth-order valence-electron chi connectivity index (χ4n) is 5.18. The quantitative estimate of drug-likeness (QED) is 0.453. The number of hydrogen-bond donors (Lipinski definition) is 0. The number of carbonyl (C=O) groups excluding carboxylic acids is 1. The van der Waals surface area contributed by atoms with Crippen molar-refractivity contribution in [2.75, 3.05) is 13.1 Å². The molecule has 1 atom stereocenters. The lowest BCUT2D eigenvalue weighted by Gasteiger charge is -2.25. The van der Waals surface area contributed by atoms with Crippen LogP contribution < -0.4 is 5.49 Å². The monoisotopic (exact) mass is 509 g/mol. The van der Waals surface area contributed by atoms with Gasteiger partial charge >= 0.3 is 6.18 Å². The molecule has 2 aromatic heterocycles. The van der Waals surface area contributed by atoms with Gasteiger partial charge in [-0.3, -0.25) is 14.8 Å². The highest BCUT2D eigenvalue weighted by Crippen LogP contribution is 2.38. The zero-order valence-electron chi connectivity index (χ0n) is 21.4. The predicted octanol–water partition coefficient (Wildman–Crippen LogP) is 5.70. The van der Waals surface area contributed by atoms with Gasteiger partial charge in [0.2, 0.25) is 5.91 Å². The molecule has 1 saturated carbocycles. The Bertz CT molecular complexity index is 1480. The number of fused-ring (bicyclic) bond motifs is 1. The molecule has 9 heteroatoms. The minimum atomic E-state index is -4.42. The molecule has 0 spiro atoms. The minimum Gasteiger partial charge on any atom is -0.339 e. The average Bonchev–Trinajstić information content (AvgIpc) is 3.68. The second kappa shape index (κ2) is 9.43. The zero-order chi connectivity index (χ0) is 26.5. The summed E-state index contributed by atoms with van der Waals surface area (Å²) < 4.78 is 42.7. The summed E-state index contributed by atoms with van der Waals surface area (Å²) in [5.41, 5.74) is 3.35. The summed E-state index contributed by atoms with van der Waals surface area (Å²) >= 11 is 0. The molecule has 0 bridgehead atoms. The Morgan fingerprint density at radius 3 is 2.59 bits per heavy atom. The molecule has 1 amide bonds. The van der Waals surface area contributed by atoms with Crippen molar-refractivity contribution in [2.45, 2.75) is 65.2 Å². The molecular weight excluding hydrogens is 479 g/mol. The van der Waals surface area contributed by atoms with E-state index >= 15 is 0 Å². The SMILES string of the molecule is CC(=O)N1CC=C(c2cc3/c(=N/[C@H](C)c4cccc(C(F)(F)F)c4C)nc(C)n(C4CC4)c3cn2)CC1. The summed E-state index contributed by atoms with van der Waals surface area (Å²) in [4.78, 5) is 27.9. The van der Waals surface area contributed by atoms with Crippen molar-refractivity contribution in [3.8, 4) is 0 Å². The van der Waals surface area contributed by atoms with E-state index < -0.39 is 17.8 Å². The second-order valence-corrected chi connectivity index (χ2v) is 9.94. The van der Waals surface area contributed by atoms with Gasteiger partial charge in [0.25, 0.3) is 0 Å². The lowest BCUT2D eigenvalue weighted by atomic mass is 9.97. The minimum absolute atomic E-state index is 0.0480. The molecule has 1 aliphatic carbocycles. The van der Waals surface area contributed by atoms with Crippen LogP contribution in [0.5, 0.6) is 0 Å². The molecule has 0 unspecified atom stereocenters. The molecule has 3 heterocycles. The average molecular weight is 510 g/mol. The van der Waals surface area contributed by atoms with Crippen LogP contribution in [0.15, 0.2) is 41.5 Å². The first-order valence-electron chi connectivity index (χ1n) is 12.6. The maximum atomic E-state index is 13.5. The molecule has 1 aliphatic heterocycles. The molecule has 5 rings (SSSR count). The number of rotatable bonds is 4. The number of pyridine rings is 1. The highest BCUT2D eigenvalue weighted by molar-refractivity contribution is 5.82. The van der Waals surface area contributed by atoms with Gasteiger partial charge in [-0.2, -0.15) is 13.2 Å². The summed E-state index contributed by atoms with van der Waals surface area (Å²) in [6, 6.07) is 6.07. The van der Waals surface area contributed by atoms with Crippen molar-refractivity contribution >= 4 is 22.4 Å². The van der Waals surface area contributed by atoms with Gasteiger partial charge in [0.15, 0.2) is 5.49 Å². The van der Waals surface area contributed by atoms with Gasteiger partial charge < -0.3 is 9.47 Å². The number of nitrogens with zero attached hydrogens (tertiary/aromatic N) is 5. The van der Waals surface area contributed by atoms with Crippen LogP contribution in [0.25, 0.3) is 16.5 Å². The smallest absolute Gasteiger partial charge is 0.339 e. The van der Waals surface area contributed by atoms with E-state index in [1.54, 1.807) is 24.8 Å². The number of hydrogen-bond acceptors (Lipinski definition) is 4. The van der Waals surface area contributed by atoms with Crippen molar-refractivity contribution in [3.63, 3.8) is 0 Å². The standard InChI is InChI=1S/C28H30F3N5O/c1-16-22(6-5-7-24(16)28(29,30)31)17(2)33-27-23-14-25(20-10-12-35(13-11-20)19(4)37)32-15-26(23)36(18(3)34-27)21-8-9-21/h5-7,10,14-15,17,21H,8-9,11-13H2,1-4H3/b33-27-/t17-/m1/s1. The van der Waals surface area contributed by atoms with Crippen molar-refractivity contribution in [1.29, 1.82) is 0 Å². The predicted molar refractivity (Wildman–Crippen MR) is 136 cm³/mol. The van der Waals surface area contributed by atoms with E-state index in [1.807, 2.05) is 25.3 Å². The molecule has 0 radical (unpaired) electrons. The van der Waals surface area contributed by atoms with Gasteiger partial charge in [-0.25, -0.2) is 4.98 Å². The topological polar surface area (TPSA) is 63.4 Å². The summed E-state index contributed by atoms with van der Waals surface area (Å²) in [5, 5.41) is 0.828. The van der Waals surface area contributed by atoms with Crippen molar-refractivity contribution < 1.29 is 18.0 Å². The molecule has 1 aromatic carbocycles. The summed E-state index contributed by atoms with van der Waals surface area (Å²) in [6.45, 7) is 7.98.